The quantitative estimate of drug-likeness (QED) is 0.163. The first-order chi connectivity index (χ1) is 22.0. The van der Waals surface area contributed by atoms with Crippen molar-refractivity contribution in [3.8, 4) is 16.2 Å². The molecule has 0 bridgehead atoms. The molecule has 0 fully saturated rings. The topological polar surface area (TPSA) is 98.1 Å². The summed E-state index contributed by atoms with van der Waals surface area (Å²) in [6, 6.07) is 22.4. The van der Waals surface area contributed by atoms with E-state index in [-0.39, 0.29) is 24.2 Å². The highest BCUT2D eigenvalue weighted by Crippen LogP contribution is 2.36. The average Bonchev–Trinajstić information content (AvgIpc) is 3.77. The van der Waals surface area contributed by atoms with Crippen LogP contribution in [0.15, 0.2) is 91.0 Å². The van der Waals surface area contributed by atoms with Gasteiger partial charge in [-0.15, -0.1) is 11.3 Å². The lowest BCUT2D eigenvalue weighted by Crippen LogP contribution is -2.31. The minimum Gasteiger partial charge on any atom is -0.492 e. The third-order valence-corrected chi connectivity index (χ3v) is 9.20. The standard InChI is InChI=1S/C36H37N5O3S/c1-24-6-8-25(9-7-24)16-28(36(43)37-2)17-33(42)31-5-3-4-30-32(14-15-44-35(30)31)40-19-29-18-38-22-41(29)21-26-10-12-27(13-11-26)34-20-39-23-45-34/h3-13,18,20,22-23,28,32,40H,14-17,19,21H2,1-2H3,(H,37,43)/t28-,32+/m1/s1. The number of thiazole rings is 1. The molecular formula is C36H37N5O3S. The second kappa shape index (κ2) is 14.0. The Morgan fingerprint density at radius 3 is 2.58 bits per heavy atom. The normalized spacial score (nSPS) is 14.8. The molecule has 230 valence electrons. The maximum atomic E-state index is 13.7. The van der Waals surface area contributed by atoms with Crippen molar-refractivity contribution in [1.82, 2.24) is 25.2 Å². The summed E-state index contributed by atoms with van der Waals surface area (Å²) in [5, 5.41) is 6.42. The number of amides is 1. The van der Waals surface area contributed by atoms with Crippen LogP contribution in [0.3, 0.4) is 0 Å². The van der Waals surface area contributed by atoms with Crippen molar-refractivity contribution in [3.63, 3.8) is 0 Å². The smallest absolute Gasteiger partial charge is 0.223 e. The van der Waals surface area contributed by atoms with Crippen molar-refractivity contribution in [2.45, 2.75) is 45.3 Å². The maximum absolute atomic E-state index is 13.7. The van der Waals surface area contributed by atoms with Crippen LogP contribution in [-0.2, 0) is 24.3 Å². The summed E-state index contributed by atoms with van der Waals surface area (Å²) in [4.78, 5) is 36.2. The highest BCUT2D eigenvalue weighted by Gasteiger charge is 2.29. The summed E-state index contributed by atoms with van der Waals surface area (Å²) in [6.45, 7) is 3.88. The number of fused-ring (bicyclic) bond motifs is 1. The zero-order chi connectivity index (χ0) is 31.2. The van der Waals surface area contributed by atoms with E-state index in [0.29, 0.717) is 30.9 Å². The number of carbonyl (C=O) groups excluding carboxylic acids is 2. The zero-order valence-electron chi connectivity index (χ0n) is 25.5. The van der Waals surface area contributed by atoms with Gasteiger partial charge in [0.05, 0.1) is 34.6 Å². The molecule has 0 saturated heterocycles. The molecule has 0 spiro atoms. The number of nitrogens with zero attached hydrogens (tertiary/aromatic N) is 3. The van der Waals surface area contributed by atoms with Gasteiger partial charge in [-0.25, -0.2) is 4.98 Å². The number of rotatable bonds is 12. The number of Topliss-reactive ketones (excluding diaryl/α,β-unsaturated/α-hetero) is 1. The molecule has 0 radical (unpaired) electrons. The van der Waals surface area contributed by atoms with Crippen molar-refractivity contribution in [3.05, 3.63) is 124 Å². The van der Waals surface area contributed by atoms with E-state index in [1.165, 1.54) is 11.1 Å². The van der Waals surface area contributed by atoms with Crippen LogP contribution in [0.4, 0.5) is 0 Å². The number of imidazole rings is 1. The van der Waals surface area contributed by atoms with E-state index < -0.39 is 5.92 Å². The first kappa shape index (κ1) is 30.4. The number of hydrogen-bond donors (Lipinski definition) is 2. The van der Waals surface area contributed by atoms with E-state index in [2.05, 4.69) is 49.4 Å². The number of para-hydroxylation sites is 1. The van der Waals surface area contributed by atoms with E-state index in [1.54, 1.807) is 18.4 Å². The van der Waals surface area contributed by atoms with Crippen LogP contribution in [0.5, 0.6) is 5.75 Å². The lowest BCUT2D eigenvalue weighted by Gasteiger charge is -2.28. The van der Waals surface area contributed by atoms with E-state index in [0.717, 1.165) is 40.2 Å². The summed E-state index contributed by atoms with van der Waals surface area (Å²) in [5.74, 6) is -0.0799. The number of aromatic nitrogens is 3. The highest BCUT2D eigenvalue weighted by molar-refractivity contribution is 7.13. The van der Waals surface area contributed by atoms with Gasteiger partial charge in [0.25, 0.3) is 0 Å². The van der Waals surface area contributed by atoms with Gasteiger partial charge in [0.1, 0.15) is 5.75 Å². The van der Waals surface area contributed by atoms with Crippen LogP contribution < -0.4 is 15.4 Å². The van der Waals surface area contributed by atoms with Crippen molar-refractivity contribution < 1.29 is 14.3 Å². The Kier molecular flexibility index (Phi) is 9.47. The van der Waals surface area contributed by atoms with Gasteiger partial charge in [0, 0.05) is 62.9 Å². The Morgan fingerprint density at radius 2 is 1.82 bits per heavy atom. The first-order valence-corrected chi connectivity index (χ1v) is 16.1. The fourth-order valence-corrected chi connectivity index (χ4v) is 6.48. The third kappa shape index (κ3) is 7.21. The fourth-order valence-electron chi connectivity index (χ4n) is 5.86. The largest absolute Gasteiger partial charge is 0.492 e. The van der Waals surface area contributed by atoms with Gasteiger partial charge in [-0.2, -0.15) is 0 Å². The molecule has 1 aliphatic rings. The number of ether oxygens (including phenoxy) is 1. The summed E-state index contributed by atoms with van der Waals surface area (Å²) in [6.07, 6.45) is 7.03. The molecule has 2 aromatic heterocycles. The van der Waals surface area contributed by atoms with Crippen molar-refractivity contribution in [2.24, 2.45) is 5.92 Å². The van der Waals surface area contributed by atoms with Crippen LogP contribution in [0.25, 0.3) is 10.4 Å². The van der Waals surface area contributed by atoms with E-state index in [9.17, 15) is 9.59 Å². The molecule has 5 aromatic rings. The lowest BCUT2D eigenvalue weighted by atomic mass is 9.89. The van der Waals surface area contributed by atoms with Gasteiger partial charge in [-0.3, -0.25) is 14.6 Å². The Bertz CT molecular complexity index is 1750. The van der Waals surface area contributed by atoms with Crippen LogP contribution >= 0.6 is 11.3 Å². The lowest BCUT2D eigenvalue weighted by molar-refractivity contribution is -0.124. The van der Waals surface area contributed by atoms with Gasteiger partial charge in [0.2, 0.25) is 5.91 Å². The Labute approximate surface area is 267 Å². The SMILES string of the molecule is CNC(=O)[C@@H](CC(=O)c1cccc2c1OCC[C@@H]2NCc1cncn1Cc1ccc(-c2cncs2)cc1)Cc1ccc(C)cc1. The molecule has 1 amide bonds. The summed E-state index contributed by atoms with van der Waals surface area (Å²) in [5.41, 5.74) is 8.97. The molecule has 0 unspecified atom stereocenters. The molecule has 9 heteroatoms. The molecule has 0 aliphatic carbocycles. The van der Waals surface area contributed by atoms with Crippen LogP contribution in [-0.4, -0.2) is 39.9 Å². The molecule has 3 heterocycles. The average molecular weight is 620 g/mol. The molecule has 0 saturated carbocycles. The molecule has 6 rings (SSSR count). The molecule has 2 atom stereocenters. The molecule has 1 aliphatic heterocycles. The van der Waals surface area contributed by atoms with Gasteiger partial charge in [-0.05, 0) is 36.1 Å². The summed E-state index contributed by atoms with van der Waals surface area (Å²) in [7, 11) is 1.62. The molecule has 45 heavy (non-hydrogen) atoms. The van der Waals surface area contributed by atoms with Crippen molar-refractivity contribution in [1.29, 1.82) is 0 Å². The number of benzene rings is 3. The minimum absolute atomic E-state index is 0.0193. The van der Waals surface area contributed by atoms with Gasteiger partial charge < -0.3 is 19.9 Å². The summed E-state index contributed by atoms with van der Waals surface area (Å²) >= 11 is 1.63. The highest BCUT2D eigenvalue weighted by atomic mass is 32.1. The number of carbonyl (C=O) groups is 2. The van der Waals surface area contributed by atoms with Gasteiger partial charge >= 0.3 is 0 Å². The zero-order valence-corrected chi connectivity index (χ0v) is 26.3. The minimum atomic E-state index is -0.470. The monoisotopic (exact) mass is 619 g/mol. The number of nitrogens with one attached hydrogen (secondary N) is 2. The van der Waals surface area contributed by atoms with E-state index in [1.807, 2.05) is 73.6 Å². The van der Waals surface area contributed by atoms with Gasteiger partial charge in [-0.1, -0.05) is 66.2 Å². The van der Waals surface area contributed by atoms with Crippen molar-refractivity contribution in [2.75, 3.05) is 13.7 Å². The fraction of sp³-hybridized carbons (Fsp3) is 0.278. The Morgan fingerprint density at radius 1 is 1.02 bits per heavy atom. The van der Waals surface area contributed by atoms with Crippen LogP contribution in [0, 0.1) is 12.8 Å². The van der Waals surface area contributed by atoms with Crippen LogP contribution in [0.1, 0.15) is 57.2 Å². The van der Waals surface area contributed by atoms with Gasteiger partial charge in [0.15, 0.2) is 5.78 Å². The van der Waals surface area contributed by atoms with Crippen molar-refractivity contribution >= 4 is 23.0 Å². The second-order valence-electron chi connectivity index (χ2n) is 11.5. The molecule has 8 nitrogen and oxygen atoms in total. The second-order valence-corrected chi connectivity index (χ2v) is 12.4. The molecular weight excluding hydrogens is 582 g/mol. The number of hydrogen-bond acceptors (Lipinski definition) is 7. The number of ketones is 1. The summed E-state index contributed by atoms with van der Waals surface area (Å²) < 4.78 is 8.25. The predicted molar refractivity (Wildman–Crippen MR) is 176 cm³/mol. The molecule has 2 N–H and O–H groups in total. The maximum Gasteiger partial charge on any atom is 0.223 e. The molecule has 3 aromatic carbocycles. The first-order valence-electron chi connectivity index (χ1n) is 15.2. The van der Waals surface area contributed by atoms with E-state index in [4.69, 9.17) is 4.74 Å². The number of aryl methyl sites for hydroxylation is 1. The van der Waals surface area contributed by atoms with Crippen LogP contribution in [0.2, 0.25) is 0 Å². The van der Waals surface area contributed by atoms with E-state index >= 15 is 0 Å². The Balaban J connectivity index is 1.12. The third-order valence-electron chi connectivity index (χ3n) is 8.38. The Hall–Kier alpha value is -4.60. The predicted octanol–water partition coefficient (Wildman–Crippen LogP) is 6.15.